The van der Waals surface area contributed by atoms with E-state index in [1.165, 1.54) is 26.4 Å². The van der Waals surface area contributed by atoms with E-state index in [1.54, 1.807) is 55.6 Å². The van der Waals surface area contributed by atoms with E-state index in [0.29, 0.717) is 11.5 Å². The number of ether oxygens (including phenoxy) is 3. The Kier molecular flexibility index (Phi) is 8.01. The van der Waals surface area contributed by atoms with Gasteiger partial charge in [-0.15, -0.1) is 0 Å². The van der Waals surface area contributed by atoms with Crippen molar-refractivity contribution in [3.05, 3.63) is 78.4 Å². The van der Waals surface area contributed by atoms with Crippen molar-refractivity contribution in [3.8, 4) is 17.2 Å². The number of benzene rings is 3. The fourth-order valence-electron chi connectivity index (χ4n) is 3.40. The number of hydrogen-bond acceptors (Lipinski definition) is 6. The highest BCUT2D eigenvalue weighted by atomic mass is 32.2. The number of amides is 1. The third kappa shape index (κ3) is 5.60. The van der Waals surface area contributed by atoms with Crippen molar-refractivity contribution in [1.29, 1.82) is 0 Å². The highest BCUT2D eigenvalue weighted by Gasteiger charge is 2.30. The molecule has 0 spiro atoms. The lowest BCUT2D eigenvalue weighted by molar-refractivity contribution is -0.120. The highest BCUT2D eigenvalue weighted by molar-refractivity contribution is 7.92. The minimum atomic E-state index is -4.08. The average Bonchev–Trinajstić information content (AvgIpc) is 2.87. The van der Waals surface area contributed by atoms with Gasteiger partial charge < -0.3 is 19.5 Å². The maximum Gasteiger partial charge on any atom is 0.264 e. The minimum Gasteiger partial charge on any atom is -0.497 e. The zero-order valence-corrected chi connectivity index (χ0v) is 20.3. The summed E-state index contributed by atoms with van der Waals surface area (Å²) < 4.78 is 44.0. The number of carbonyl (C=O) groups is 1. The van der Waals surface area contributed by atoms with Crippen molar-refractivity contribution < 1.29 is 27.4 Å². The first-order chi connectivity index (χ1) is 16.3. The van der Waals surface area contributed by atoms with Gasteiger partial charge >= 0.3 is 0 Å². The van der Waals surface area contributed by atoms with Gasteiger partial charge in [0.05, 0.1) is 38.0 Å². The van der Waals surface area contributed by atoms with Crippen LogP contribution >= 0.6 is 0 Å². The van der Waals surface area contributed by atoms with E-state index in [9.17, 15) is 13.2 Å². The summed E-state index contributed by atoms with van der Waals surface area (Å²) in [5.41, 5.74) is 1.08. The lowest BCUT2D eigenvalue weighted by atomic mass is 10.1. The van der Waals surface area contributed by atoms with E-state index in [2.05, 4.69) is 5.32 Å². The number of carbonyl (C=O) groups excluding carboxylic acids is 1. The molecular formula is C25H28N2O6S. The van der Waals surface area contributed by atoms with Gasteiger partial charge in [-0.3, -0.25) is 9.10 Å². The molecule has 1 atom stereocenters. The van der Waals surface area contributed by atoms with Crippen molar-refractivity contribution in [2.45, 2.75) is 17.9 Å². The Hall–Kier alpha value is -3.72. The van der Waals surface area contributed by atoms with E-state index >= 15 is 0 Å². The van der Waals surface area contributed by atoms with Crippen molar-refractivity contribution in [3.63, 3.8) is 0 Å². The number of rotatable bonds is 10. The molecule has 0 unspecified atom stereocenters. The molecular weight excluding hydrogens is 456 g/mol. The molecule has 0 saturated carbocycles. The molecule has 0 fully saturated rings. The van der Waals surface area contributed by atoms with Gasteiger partial charge in [0.1, 0.15) is 23.8 Å². The van der Waals surface area contributed by atoms with Gasteiger partial charge in [0.25, 0.3) is 10.0 Å². The van der Waals surface area contributed by atoms with Crippen LogP contribution in [0.25, 0.3) is 0 Å². The van der Waals surface area contributed by atoms with Crippen molar-refractivity contribution >= 4 is 21.6 Å². The second-order valence-electron chi connectivity index (χ2n) is 7.42. The number of nitrogens with one attached hydrogen (secondary N) is 1. The third-order valence-corrected chi connectivity index (χ3v) is 7.04. The Morgan fingerprint density at radius 3 is 2.09 bits per heavy atom. The molecule has 1 amide bonds. The Labute approximate surface area is 200 Å². The summed E-state index contributed by atoms with van der Waals surface area (Å²) in [5.74, 6) is 0.986. The van der Waals surface area contributed by atoms with Crippen LogP contribution in [0.5, 0.6) is 17.2 Å². The summed E-state index contributed by atoms with van der Waals surface area (Å²) in [4.78, 5) is 13.1. The van der Waals surface area contributed by atoms with Gasteiger partial charge in [-0.05, 0) is 48.9 Å². The van der Waals surface area contributed by atoms with Crippen LogP contribution in [0.2, 0.25) is 0 Å². The molecule has 1 N–H and O–H groups in total. The van der Waals surface area contributed by atoms with Crippen LogP contribution < -0.4 is 23.8 Å². The summed E-state index contributed by atoms with van der Waals surface area (Å²) in [6.45, 7) is 1.38. The second kappa shape index (κ2) is 10.9. The Morgan fingerprint density at radius 1 is 0.882 bits per heavy atom. The predicted molar refractivity (Wildman–Crippen MR) is 130 cm³/mol. The molecule has 34 heavy (non-hydrogen) atoms. The third-order valence-electron chi connectivity index (χ3n) is 5.27. The van der Waals surface area contributed by atoms with Gasteiger partial charge in [0, 0.05) is 6.07 Å². The van der Waals surface area contributed by atoms with Crippen molar-refractivity contribution in [1.82, 2.24) is 5.32 Å². The van der Waals surface area contributed by atoms with Crippen molar-refractivity contribution in [2.75, 3.05) is 32.2 Å². The molecule has 0 aliphatic heterocycles. The van der Waals surface area contributed by atoms with Crippen molar-refractivity contribution in [2.24, 2.45) is 0 Å². The van der Waals surface area contributed by atoms with E-state index in [-0.39, 0.29) is 22.4 Å². The average molecular weight is 485 g/mol. The molecule has 0 aromatic heterocycles. The summed E-state index contributed by atoms with van der Waals surface area (Å²) >= 11 is 0. The van der Waals surface area contributed by atoms with E-state index in [0.717, 1.165) is 9.87 Å². The normalized spacial score (nSPS) is 11.9. The van der Waals surface area contributed by atoms with Gasteiger partial charge in [-0.2, -0.15) is 0 Å². The summed E-state index contributed by atoms with van der Waals surface area (Å²) in [5, 5.41) is 2.87. The molecule has 0 saturated heterocycles. The fourth-order valence-corrected chi connectivity index (χ4v) is 4.86. The highest BCUT2D eigenvalue weighted by Crippen LogP contribution is 2.35. The zero-order chi connectivity index (χ0) is 24.7. The topological polar surface area (TPSA) is 94.2 Å². The monoisotopic (exact) mass is 484 g/mol. The minimum absolute atomic E-state index is 0.0591. The fraction of sp³-hybridized carbons (Fsp3) is 0.240. The molecule has 3 aromatic carbocycles. The Balaban J connectivity index is 1.93. The van der Waals surface area contributed by atoms with Gasteiger partial charge in [0.2, 0.25) is 5.91 Å². The molecule has 0 aliphatic carbocycles. The maximum absolute atomic E-state index is 13.6. The van der Waals surface area contributed by atoms with Crippen LogP contribution in [-0.2, 0) is 14.8 Å². The zero-order valence-electron chi connectivity index (χ0n) is 19.5. The van der Waals surface area contributed by atoms with E-state index in [1.807, 2.05) is 19.1 Å². The van der Waals surface area contributed by atoms with Crippen LogP contribution in [0.15, 0.2) is 77.7 Å². The van der Waals surface area contributed by atoms with E-state index < -0.39 is 22.5 Å². The standard InChI is InChI=1S/C25H28N2O6S/c1-18(19-10-12-20(31-2)13-11-19)26-25(28)17-27(34(29,30)22-8-6-5-7-9-22)23-15-14-21(32-3)16-24(23)33-4/h5-16,18H,17H2,1-4H3,(H,26,28)/t18-/m0/s1. The number of sulfonamides is 1. The first-order valence-electron chi connectivity index (χ1n) is 10.5. The van der Waals surface area contributed by atoms with Crippen LogP contribution in [0.4, 0.5) is 5.69 Å². The van der Waals surface area contributed by atoms with E-state index in [4.69, 9.17) is 14.2 Å². The maximum atomic E-state index is 13.6. The number of hydrogen-bond donors (Lipinski definition) is 1. The summed E-state index contributed by atoms with van der Waals surface area (Å²) in [6, 6.07) is 19.6. The van der Waals surface area contributed by atoms with Gasteiger partial charge in [-0.1, -0.05) is 30.3 Å². The van der Waals surface area contributed by atoms with Crippen LogP contribution in [0.3, 0.4) is 0 Å². The summed E-state index contributed by atoms with van der Waals surface area (Å²) in [6.07, 6.45) is 0. The first-order valence-corrected chi connectivity index (χ1v) is 12.0. The Bertz CT molecular complexity index is 1210. The SMILES string of the molecule is COc1ccc([C@H](C)NC(=O)CN(c2ccc(OC)cc2OC)S(=O)(=O)c2ccccc2)cc1. The van der Waals surface area contributed by atoms with Crippen LogP contribution in [0, 0.1) is 0 Å². The Morgan fingerprint density at radius 2 is 1.50 bits per heavy atom. The quantitative estimate of drug-likeness (QED) is 0.471. The lowest BCUT2D eigenvalue weighted by Gasteiger charge is -2.26. The molecule has 0 radical (unpaired) electrons. The lowest BCUT2D eigenvalue weighted by Crippen LogP contribution is -2.41. The number of methoxy groups -OCH3 is 3. The number of anilines is 1. The second-order valence-corrected chi connectivity index (χ2v) is 9.29. The van der Waals surface area contributed by atoms with Crippen LogP contribution in [0.1, 0.15) is 18.5 Å². The molecule has 0 aliphatic rings. The molecule has 3 aromatic rings. The van der Waals surface area contributed by atoms with Gasteiger partial charge in [0.15, 0.2) is 0 Å². The molecule has 3 rings (SSSR count). The predicted octanol–water partition coefficient (Wildman–Crippen LogP) is 3.79. The van der Waals surface area contributed by atoms with Gasteiger partial charge in [-0.25, -0.2) is 8.42 Å². The molecule has 180 valence electrons. The smallest absolute Gasteiger partial charge is 0.264 e. The number of nitrogens with zero attached hydrogens (tertiary/aromatic N) is 1. The first kappa shape index (κ1) is 24.9. The molecule has 0 bridgehead atoms. The molecule has 8 nitrogen and oxygen atoms in total. The van der Waals surface area contributed by atoms with Crippen LogP contribution in [-0.4, -0.2) is 42.2 Å². The summed E-state index contributed by atoms with van der Waals surface area (Å²) in [7, 11) is 0.432. The largest absolute Gasteiger partial charge is 0.497 e. The molecule has 0 heterocycles. The molecule has 9 heteroatoms.